The number of carbonyl (C=O) groups excluding carboxylic acids is 1. The van der Waals surface area contributed by atoms with Crippen molar-refractivity contribution in [3.05, 3.63) is 70.9 Å². The van der Waals surface area contributed by atoms with E-state index in [1.807, 2.05) is 18.2 Å². The van der Waals surface area contributed by atoms with Gasteiger partial charge in [-0.3, -0.25) is 4.79 Å². The van der Waals surface area contributed by atoms with Crippen molar-refractivity contribution >= 4 is 28.4 Å². The van der Waals surface area contributed by atoms with Gasteiger partial charge in [-0.1, -0.05) is 61.2 Å². The number of amides is 1. The summed E-state index contributed by atoms with van der Waals surface area (Å²) in [5.41, 5.74) is 9.65. The van der Waals surface area contributed by atoms with Crippen LogP contribution in [0.2, 0.25) is 5.02 Å². The van der Waals surface area contributed by atoms with Crippen molar-refractivity contribution in [3.8, 4) is 0 Å². The fourth-order valence-corrected chi connectivity index (χ4v) is 6.42. The van der Waals surface area contributed by atoms with E-state index in [9.17, 15) is 4.79 Å². The number of nitrogens with one attached hydrogen (secondary N) is 1. The van der Waals surface area contributed by atoms with Crippen molar-refractivity contribution in [2.75, 3.05) is 0 Å². The fourth-order valence-electron chi connectivity index (χ4n) is 6.22. The van der Waals surface area contributed by atoms with Crippen molar-refractivity contribution in [1.29, 1.82) is 0 Å². The normalized spacial score (nSPS) is 22.2. The highest BCUT2D eigenvalue weighted by atomic mass is 35.5. The van der Waals surface area contributed by atoms with Crippen LogP contribution in [-0.4, -0.2) is 22.6 Å². The zero-order chi connectivity index (χ0) is 24.2. The molecule has 186 valence electrons. The molecule has 0 bridgehead atoms. The van der Waals surface area contributed by atoms with Crippen LogP contribution in [0.4, 0.5) is 0 Å². The third-order valence-corrected chi connectivity index (χ3v) is 8.39. The number of nitrogens with zero attached hydrogens (tertiary/aromatic N) is 1. The molecule has 1 aromatic heterocycles. The van der Waals surface area contributed by atoms with E-state index in [2.05, 4.69) is 46.4 Å². The molecule has 5 rings (SSSR count). The summed E-state index contributed by atoms with van der Waals surface area (Å²) in [4.78, 5) is 13.3. The Labute approximate surface area is 214 Å². The van der Waals surface area contributed by atoms with Gasteiger partial charge in [-0.05, 0) is 73.8 Å². The van der Waals surface area contributed by atoms with Gasteiger partial charge >= 0.3 is 0 Å². The molecule has 3 aromatic rings. The second-order valence-corrected chi connectivity index (χ2v) is 11.2. The van der Waals surface area contributed by atoms with Crippen LogP contribution in [0.5, 0.6) is 0 Å². The first kappa shape index (κ1) is 24.4. The van der Waals surface area contributed by atoms with Crippen molar-refractivity contribution in [1.82, 2.24) is 9.88 Å². The van der Waals surface area contributed by atoms with E-state index < -0.39 is 0 Å². The molecule has 2 aliphatic carbocycles. The van der Waals surface area contributed by atoms with E-state index in [0.717, 1.165) is 43.7 Å². The minimum atomic E-state index is -0.0444. The summed E-state index contributed by atoms with van der Waals surface area (Å²) in [7, 11) is 0. The SMILES string of the molecule is NC1CCC(NC(=O)CC(c2cccc(Cl)c2)c2cn(CC3CCCCC3)c3ccccc23)CC1. The highest BCUT2D eigenvalue weighted by molar-refractivity contribution is 6.30. The van der Waals surface area contributed by atoms with E-state index in [4.69, 9.17) is 17.3 Å². The van der Waals surface area contributed by atoms with E-state index >= 15 is 0 Å². The molecule has 4 nitrogen and oxygen atoms in total. The second-order valence-electron chi connectivity index (χ2n) is 10.7. The standard InChI is InChI=1S/C30H38ClN3O/c31-23-10-6-9-22(17-23)27(18-30(35)33-25-15-13-24(32)14-16-25)28-20-34(19-21-7-2-1-3-8-21)29-12-5-4-11-26(28)29/h4-6,9-12,17,20-21,24-25,27H,1-3,7-8,13-16,18-19,32H2,(H,33,35). The number of benzene rings is 2. The van der Waals surface area contributed by atoms with Crippen LogP contribution in [0.15, 0.2) is 54.7 Å². The molecule has 2 fully saturated rings. The van der Waals surface area contributed by atoms with E-state index in [0.29, 0.717) is 11.4 Å². The predicted octanol–water partition coefficient (Wildman–Crippen LogP) is 6.78. The first-order valence-electron chi connectivity index (χ1n) is 13.4. The molecule has 0 radical (unpaired) electrons. The molecular weight excluding hydrogens is 454 g/mol. The van der Waals surface area contributed by atoms with Crippen molar-refractivity contribution in [2.45, 2.75) is 88.8 Å². The van der Waals surface area contributed by atoms with Crippen LogP contribution < -0.4 is 11.1 Å². The van der Waals surface area contributed by atoms with Gasteiger partial charge in [-0.25, -0.2) is 0 Å². The topological polar surface area (TPSA) is 60.0 Å². The van der Waals surface area contributed by atoms with Crippen LogP contribution in [0.1, 0.15) is 81.3 Å². The summed E-state index contributed by atoms with van der Waals surface area (Å²) in [6.45, 7) is 1.05. The summed E-state index contributed by atoms with van der Waals surface area (Å²) in [6, 6.07) is 17.2. The number of hydrogen-bond donors (Lipinski definition) is 2. The summed E-state index contributed by atoms with van der Waals surface area (Å²) in [6.07, 6.45) is 13.3. The lowest BCUT2D eigenvalue weighted by Crippen LogP contribution is -2.40. The van der Waals surface area contributed by atoms with Gasteiger partial charge < -0.3 is 15.6 Å². The lowest BCUT2D eigenvalue weighted by atomic mass is 9.87. The zero-order valence-corrected chi connectivity index (χ0v) is 21.4. The van der Waals surface area contributed by atoms with Gasteiger partial charge in [0.15, 0.2) is 0 Å². The van der Waals surface area contributed by atoms with Gasteiger partial charge in [0.05, 0.1) is 0 Å². The second kappa shape index (κ2) is 11.2. The van der Waals surface area contributed by atoms with Crippen LogP contribution in [-0.2, 0) is 11.3 Å². The Bertz CT molecular complexity index is 1140. The average Bonchev–Trinajstić information content (AvgIpc) is 3.23. The highest BCUT2D eigenvalue weighted by Gasteiger charge is 2.26. The van der Waals surface area contributed by atoms with Crippen molar-refractivity contribution in [3.63, 3.8) is 0 Å². The van der Waals surface area contributed by atoms with Gasteiger partial charge in [0, 0.05) is 53.1 Å². The third kappa shape index (κ3) is 5.92. The number of nitrogens with two attached hydrogens (primary N) is 1. The molecule has 2 aromatic carbocycles. The first-order valence-corrected chi connectivity index (χ1v) is 13.8. The molecule has 0 aliphatic heterocycles. The van der Waals surface area contributed by atoms with Crippen LogP contribution in [0.25, 0.3) is 10.9 Å². The lowest BCUT2D eigenvalue weighted by molar-refractivity contribution is -0.122. The molecule has 0 saturated heterocycles. The van der Waals surface area contributed by atoms with Crippen LogP contribution >= 0.6 is 11.6 Å². The number of rotatable bonds is 7. The summed E-state index contributed by atoms with van der Waals surface area (Å²) in [5, 5.41) is 5.26. The average molecular weight is 492 g/mol. The minimum Gasteiger partial charge on any atom is -0.353 e. The van der Waals surface area contributed by atoms with Gasteiger partial charge in [-0.2, -0.15) is 0 Å². The maximum absolute atomic E-state index is 13.3. The Balaban J connectivity index is 1.45. The number of fused-ring (bicyclic) bond motifs is 1. The molecule has 35 heavy (non-hydrogen) atoms. The summed E-state index contributed by atoms with van der Waals surface area (Å²) < 4.78 is 2.44. The molecule has 1 unspecified atom stereocenters. The van der Waals surface area contributed by atoms with Gasteiger partial charge in [0.2, 0.25) is 5.91 Å². The lowest BCUT2D eigenvalue weighted by Gasteiger charge is -2.27. The quantitative estimate of drug-likeness (QED) is 0.382. The van der Waals surface area contributed by atoms with Crippen molar-refractivity contribution in [2.24, 2.45) is 11.7 Å². The minimum absolute atomic E-state index is 0.0444. The van der Waals surface area contributed by atoms with Gasteiger partial charge in [-0.15, -0.1) is 0 Å². The highest BCUT2D eigenvalue weighted by Crippen LogP contribution is 2.37. The third-order valence-electron chi connectivity index (χ3n) is 8.15. The zero-order valence-electron chi connectivity index (χ0n) is 20.6. The largest absolute Gasteiger partial charge is 0.353 e. The molecule has 0 spiro atoms. The monoisotopic (exact) mass is 491 g/mol. The van der Waals surface area contributed by atoms with E-state index in [1.165, 1.54) is 48.6 Å². The Kier molecular flexibility index (Phi) is 7.79. The van der Waals surface area contributed by atoms with E-state index in [-0.39, 0.29) is 23.9 Å². The van der Waals surface area contributed by atoms with E-state index in [1.54, 1.807) is 0 Å². The predicted molar refractivity (Wildman–Crippen MR) is 145 cm³/mol. The van der Waals surface area contributed by atoms with Gasteiger partial charge in [0.1, 0.15) is 0 Å². The molecule has 2 aliphatic rings. The molecule has 1 heterocycles. The van der Waals surface area contributed by atoms with Gasteiger partial charge in [0.25, 0.3) is 0 Å². The number of carbonyl (C=O) groups is 1. The molecule has 1 atom stereocenters. The summed E-state index contributed by atoms with van der Waals surface area (Å²) in [5.74, 6) is 0.801. The Morgan fingerprint density at radius 1 is 1.00 bits per heavy atom. The van der Waals surface area contributed by atoms with Crippen LogP contribution in [0, 0.1) is 5.92 Å². The number of hydrogen-bond acceptors (Lipinski definition) is 2. The Hall–Kier alpha value is -2.30. The molecule has 2 saturated carbocycles. The molecular formula is C30H38ClN3O. The number of para-hydroxylation sites is 1. The number of halogens is 1. The molecule has 1 amide bonds. The maximum Gasteiger partial charge on any atom is 0.221 e. The Morgan fingerprint density at radius 2 is 1.77 bits per heavy atom. The number of aromatic nitrogens is 1. The smallest absolute Gasteiger partial charge is 0.221 e. The molecule has 3 N–H and O–H groups in total. The first-order chi connectivity index (χ1) is 17.1. The van der Waals surface area contributed by atoms with Crippen molar-refractivity contribution < 1.29 is 4.79 Å². The summed E-state index contributed by atoms with van der Waals surface area (Å²) >= 11 is 6.42. The van der Waals surface area contributed by atoms with Crippen LogP contribution in [0.3, 0.4) is 0 Å². The Morgan fingerprint density at radius 3 is 2.54 bits per heavy atom. The molecule has 5 heteroatoms. The fraction of sp³-hybridized carbons (Fsp3) is 0.500. The maximum atomic E-state index is 13.3.